The van der Waals surface area contributed by atoms with E-state index < -0.39 is 0 Å². The lowest BCUT2D eigenvalue weighted by atomic mass is 9.87. The van der Waals surface area contributed by atoms with Gasteiger partial charge < -0.3 is 9.30 Å². The van der Waals surface area contributed by atoms with Crippen LogP contribution in [0.5, 0.6) is 11.5 Å². The largest absolute Gasteiger partial charge is 0.456 e. The van der Waals surface area contributed by atoms with E-state index in [2.05, 4.69) is 157 Å². The Balaban J connectivity index is 1.20. The van der Waals surface area contributed by atoms with Gasteiger partial charge in [0, 0.05) is 27.4 Å². The summed E-state index contributed by atoms with van der Waals surface area (Å²) in [5, 5.41) is 4.94. The molecule has 0 radical (unpaired) electrons. The summed E-state index contributed by atoms with van der Waals surface area (Å²) in [6.45, 7) is 2.19. The minimum absolute atomic E-state index is 0.905. The van der Waals surface area contributed by atoms with E-state index in [9.17, 15) is 0 Å². The SMILES string of the molecule is Cc1cc2c3c(cccc3c1-c1ccc(-n3c4ccccc4c4ccccc43)cc1)-c1cc(-c3ccccc3)ccc1O2. The second kappa shape index (κ2) is 9.20. The van der Waals surface area contributed by atoms with E-state index in [0.717, 1.165) is 22.7 Å². The Morgan fingerprint density at radius 3 is 1.86 bits per heavy atom. The van der Waals surface area contributed by atoms with Gasteiger partial charge in [-0.05, 0) is 88.2 Å². The first kappa shape index (κ1) is 24.0. The van der Waals surface area contributed by atoms with Crippen molar-refractivity contribution in [3.63, 3.8) is 0 Å². The van der Waals surface area contributed by atoms with Gasteiger partial charge in [0.2, 0.25) is 0 Å². The molecule has 202 valence electrons. The highest BCUT2D eigenvalue weighted by Gasteiger charge is 2.23. The predicted molar refractivity (Wildman–Crippen MR) is 179 cm³/mol. The number of rotatable bonds is 3. The molecule has 0 N–H and O–H groups in total. The van der Waals surface area contributed by atoms with Gasteiger partial charge >= 0.3 is 0 Å². The van der Waals surface area contributed by atoms with Gasteiger partial charge in [0.1, 0.15) is 11.5 Å². The first-order valence-corrected chi connectivity index (χ1v) is 14.8. The molecule has 7 aromatic carbocycles. The molecule has 9 rings (SSSR count). The molecule has 0 saturated carbocycles. The van der Waals surface area contributed by atoms with Crippen LogP contribution < -0.4 is 4.74 Å². The van der Waals surface area contributed by atoms with Crippen molar-refractivity contribution in [3.8, 4) is 50.6 Å². The average molecular weight is 550 g/mol. The van der Waals surface area contributed by atoms with Crippen LogP contribution >= 0.6 is 0 Å². The van der Waals surface area contributed by atoms with Crippen LogP contribution in [-0.4, -0.2) is 4.57 Å². The number of fused-ring (bicyclic) bond motifs is 5. The van der Waals surface area contributed by atoms with E-state index >= 15 is 0 Å². The fourth-order valence-corrected chi connectivity index (χ4v) is 7.00. The van der Waals surface area contributed by atoms with Gasteiger partial charge in [0.05, 0.1) is 11.0 Å². The van der Waals surface area contributed by atoms with Gasteiger partial charge in [0.25, 0.3) is 0 Å². The summed E-state index contributed by atoms with van der Waals surface area (Å²) in [4.78, 5) is 0. The lowest BCUT2D eigenvalue weighted by Crippen LogP contribution is -2.00. The zero-order chi connectivity index (χ0) is 28.5. The summed E-state index contributed by atoms with van der Waals surface area (Å²) in [5.41, 5.74) is 12.0. The Kier molecular flexibility index (Phi) is 5.15. The van der Waals surface area contributed by atoms with Crippen LogP contribution in [0.4, 0.5) is 0 Å². The maximum Gasteiger partial charge on any atom is 0.136 e. The van der Waals surface area contributed by atoms with Crippen LogP contribution in [0.15, 0.2) is 146 Å². The highest BCUT2D eigenvalue weighted by molar-refractivity contribution is 6.11. The molecular weight excluding hydrogens is 522 g/mol. The third-order valence-corrected chi connectivity index (χ3v) is 8.91. The number of nitrogens with zero attached hydrogens (tertiary/aromatic N) is 1. The van der Waals surface area contributed by atoms with Crippen LogP contribution in [0, 0.1) is 6.92 Å². The molecule has 1 aliphatic heterocycles. The first-order valence-electron chi connectivity index (χ1n) is 14.8. The fraction of sp³-hybridized carbons (Fsp3) is 0.0244. The average Bonchev–Trinajstić information content (AvgIpc) is 3.40. The normalized spacial score (nSPS) is 12.0. The summed E-state index contributed by atoms with van der Waals surface area (Å²) >= 11 is 0. The minimum Gasteiger partial charge on any atom is -0.456 e. The van der Waals surface area contributed by atoms with Crippen LogP contribution in [0.2, 0.25) is 0 Å². The van der Waals surface area contributed by atoms with Crippen molar-refractivity contribution in [1.29, 1.82) is 0 Å². The van der Waals surface area contributed by atoms with E-state index in [4.69, 9.17) is 4.74 Å². The number of ether oxygens (including phenoxy) is 1. The van der Waals surface area contributed by atoms with Gasteiger partial charge in [-0.3, -0.25) is 0 Å². The maximum atomic E-state index is 6.56. The third-order valence-electron chi connectivity index (χ3n) is 8.91. The quantitative estimate of drug-likeness (QED) is 0.214. The smallest absolute Gasteiger partial charge is 0.136 e. The maximum absolute atomic E-state index is 6.56. The minimum atomic E-state index is 0.905. The summed E-state index contributed by atoms with van der Waals surface area (Å²) in [6, 6.07) is 52.3. The van der Waals surface area contributed by atoms with Crippen molar-refractivity contribution >= 4 is 32.6 Å². The zero-order valence-electron chi connectivity index (χ0n) is 23.7. The molecule has 0 aliphatic carbocycles. The van der Waals surface area contributed by atoms with Crippen molar-refractivity contribution in [2.75, 3.05) is 0 Å². The van der Waals surface area contributed by atoms with Crippen LogP contribution in [0.1, 0.15) is 5.56 Å². The lowest BCUT2D eigenvalue weighted by molar-refractivity contribution is 0.487. The molecule has 2 nitrogen and oxygen atoms in total. The van der Waals surface area contributed by atoms with Gasteiger partial charge in [-0.25, -0.2) is 0 Å². The Hall–Kier alpha value is -5.60. The molecule has 0 bridgehead atoms. The van der Waals surface area contributed by atoms with Gasteiger partial charge in [-0.15, -0.1) is 0 Å². The molecule has 0 unspecified atom stereocenters. The molecule has 0 amide bonds. The Morgan fingerprint density at radius 2 is 1.12 bits per heavy atom. The third kappa shape index (κ3) is 3.60. The molecule has 43 heavy (non-hydrogen) atoms. The number of aromatic nitrogens is 1. The molecule has 0 atom stereocenters. The summed E-state index contributed by atoms with van der Waals surface area (Å²) in [7, 11) is 0. The van der Waals surface area contributed by atoms with E-state index in [-0.39, 0.29) is 0 Å². The topological polar surface area (TPSA) is 14.2 Å². The zero-order valence-corrected chi connectivity index (χ0v) is 23.7. The molecule has 8 aromatic rings. The molecule has 1 aromatic heterocycles. The highest BCUT2D eigenvalue weighted by Crippen LogP contribution is 2.50. The fourth-order valence-electron chi connectivity index (χ4n) is 7.00. The van der Waals surface area contributed by atoms with E-state index in [1.54, 1.807) is 0 Å². The Bertz CT molecular complexity index is 2310. The monoisotopic (exact) mass is 549 g/mol. The lowest BCUT2D eigenvalue weighted by Gasteiger charge is -2.24. The predicted octanol–water partition coefficient (Wildman–Crippen LogP) is 11.4. The second-order valence-corrected chi connectivity index (χ2v) is 11.4. The van der Waals surface area contributed by atoms with Crippen LogP contribution in [0.25, 0.3) is 71.6 Å². The van der Waals surface area contributed by atoms with Crippen molar-refractivity contribution in [2.45, 2.75) is 6.92 Å². The molecule has 0 spiro atoms. The van der Waals surface area contributed by atoms with Crippen molar-refractivity contribution in [2.24, 2.45) is 0 Å². The number of para-hydroxylation sites is 2. The standard InChI is InChI=1S/C41H27NO/c1-26-24-39-41-33(35-25-29(20-23-38(35)43-39)27-10-3-2-4-11-27)14-9-15-34(41)40(26)28-18-21-30(22-19-28)42-36-16-7-5-12-31(36)32-13-6-8-17-37(32)42/h2-25H,1H3. The molecule has 2 heterocycles. The van der Waals surface area contributed by atoms with Crippen molar-refractivity contribution in [1.82, 2.24) is 4.57 Å². The summed E-state index contributed by atoms with van der Waals surface area (Å²) < 4.78 is 8.93. The highest BCUT2D eigenvalue weighted by atomic mass is 16.5. The van der Waals surface area contributed by atoms with Crippen molar-refractivity contribution < 1.29 is 4.74 Å². The number of hydrogen-bond donors (Lipinski definition) is 0. The van der Waals surface area contributed by atoms with Crippen molar-refractivity contribution in [3.05, 3.63) is 151 Å². The van der Waals surface area contributed by atoms with E-state index in [1.807, 2.05) is 0 Å². The van der Waals surface area contributed by atoms with E-state index in [0.29, 0.717) is 0 Å². The number of hydrogen-bond acceptors (Lipinski definition) is 1. The molecule has 2 heteroatoms. The molecule has 0 fully saturated rings. The Labute approximate surface area is 250 Å². The molecular formula is C41H27NO. The first-order chi connectivity index (χ1) is 21.2. The Morgan fingerprint density at radius 1 is 0.465 bits per heavy atom. The number of benzene rings is 7. The summed E-state index contributed by atoms with van der Waals surface area (Å²) in [5.74, 6) is 1.83. The van der Waals surface area contributed by atoms with Crippen LogP contribution in [0.3, 0.4) is 0 Å². The number of aryl methyl sites for hydroxylation is 1. The summed E-state index contributed by atoms with van der Waals surface area (Å²) in [6.07, 6.45) is 0. The van der Waals surface area contributed by atoms with Gasteiger partial charge in [-0.1, -0.05) is 103 Å². The van der Waals surface area contributed by atoms with Gasteiger partial charge in [0.15, 0.2) is 0 Å². The second-order valence-electron chi connectivity index (χ2n) is 11.4. The van der Waals surface area contributed by atoms with Gasteiger partial charge in [-0.2, -0.15) is 0 Å². The molecule has 0 saturated heterocycles. The van der Waals surface area contributed by atoms with Crippen LogP contribution in [-0.2, 0) is 0 Å². The molecule has 1 aliphatic rings. The van der Waals surface area contributed by atoms with E-state index in [1.165, 1.54) is 66.0 Å².